The van der Waals surface area contributed by atoms with Gasteiger partial charge in [-0.3, -0.25) is 0 Å². The molecule has 2 heterocycles. The minimum absolute atomic E-state index is 0.0992. The lowest BCUT2D eigenvalue weighted by atomic mass is 9.98. The zero-order valence-electron chi connectivity index (χ0n) is 16.4. The number of fused-ring (bicyclic) bond motifs is 2. The summed E-state index contributed by atoms with van der Waals surface area (Å²) in [6.07, 6.45) is 0.839. The highest BCUT2D eigenvalue weighted by Gasteiger charge is 2.28. The fraction of sp³-hybridized carbons (Fsp3) is 0.120. The Hall–Kier alpha value is -3.73. The van der Waals surface area contributed by atoms with Crippen molar-refractivity contribution in [1.29, 1.82) is 0 Å². The Labute approximate surface area is 173 Å². The summed E-state index contributed by atoms with van der Waals surface area (Å²) in [5.74, 6) is -0.947. The quantitative estimate of drug-likeness (QED) is 0.478. The van der Waals surface area contributed by atoms with Gasteiger partial charge in [0, 0.05) is 23.2 Å². The van der Waals surface area contributed by atoms with E-state index < -0.39 is 11.8 Å². The van der Waals surface area contributed by atoms with Crippen LogP contribution in [0, 0.1) is 12.7 Å². The minimum atomic E-state index is -1.08. The van der Waals surface area contributed by atoms with Crippen molar-refractivity contribution in [1.82, 2.24) is 4.98 Å². The molecule has 148 valence electrons. The van der Waals surface area contributed by atoms with E-state index in [4.69, 9.17) is 4.98 Å². The Balaban J connectivity index is 1.70. The van der Waals surface area contributed by atoms with Crippen LogP contribution in [0.25, 0.3) is 22.0 Å². The number of carboxylic acid groups (broad SMARTS) is 1. The van der Waals surface area contributed by atoms with E-state index in [1.807, 2.05) is 30.3 Å². The van der Waals surface area contributed by atoms with Gasteiger partial charge in [0.15, 0.2) is 0 Å². The van der Waals surface area contributed by atoms with E-state index in [0.29, 0.717) is 28.8 Å². The van der Waals surface area contributed by atoms with Crippen molar-refractivity contribution >= 4 is 28.4 Å². The van der Waals surface area contributed by atoms with Crippen LogP contribution in [0.15, 0.2) is 66.7 Å². The van der Waals surface area contributed by atoms with E-state index >= 15 is 0 Å². The molecule has 0 fully saturated rings. The first-order valence-electron chi connectivity index (χ1n) is 9.82. The van der Waals surface area contributed by atoms with Gasteiger partial charge in [0.05, 0.1) is 11.1 Å². The summed E-state index contributed by atoms with van der Waals surface area (Å²) in [6, 6.07) is 20.5. The molecule has 0 radical (unpaired) electrons. The number of halogens is 1. The van der Waals surface area contributed by atoms with Crippen LogP contribution in [-0.4, -0.2) is 22.6 Å². The van der Waals surface area contributed by atoms with E-state index in [2.05, 4.69) is 23.1 Å². The number of carboxylic acids is 1. The number of pyridine rings is 1. The van der Waals surface area contributed by atoms with Crippen LogP contribution in [0.5, 0.6) is 0 Å². The number of anilines is 2. The Morgan fingerprint density at radius 3 is 2.63 bits per heavy atom. The first-order chi connectivity index (χ1) is 14.5. The molecule has 3 aromatic carbocycles. The predicted molar refractivity (Wildman–Crippen MR) is 116 cm³/mol. The molecular weight excluding hydrogens is 379 g/mol. The predicted octanol–water partition coefficient (Wildman–Crippen LogP) is 5.74. The zero-order chi connectivity index (χ0) is 20.8. The number of nitrogens with zero attached hydrogens (tertiary/aromatic N) is 2. The number of hydrogen-bond acceptors (Lipinski definition) is 3. The maximum absolute atomic E-state index is 13.8. The van der Waals surface area contributed by atoms with Crippen LogP contribution in [0.3, 0.4) is 0 Å². The highest BCUT2D eigenvalue weighted by Crippen LogP contribution is 2.41. The second-order valence-corrected chi connectivity index (χ2v) is 7.47. The fourth-order valence-corrected chi connectivity index (χ4v) is 4.40. The molecular formula is C25H19FN2O2. The molecule has 5 heteroatoms. The van der Waals surface area contributed by atoms with Gasteiger partial charge in [-0.25, -0.2) is 14.2 Å². The van der Waals surface area contributed by atoms with Crippen LogP contribution >= 0.6 is 0 Å². The molecule has 1 aliphatic rings. The third-order valence-electron chi connectivity index (χ3n) is 5.75. The number of rotatable bonds is 3. The van der Waals surface area contributed by atoms with E-state index in [1.165, 1.54) is 29.3 Å². The normalized spacial score (nSPS) is 12.9. The summed E-state index contributed by atoms with van der Waals surface area (Å²) in [4.78, 5) is 18.8. The van der Waals surface area contributed by atoms with Crippen molar-refractivity contribution in [2.45, 2.75) is 13.3 Å². The fourth-order valence-electron chi connectivity index (χ4n) is 4.40. The first-order valence-corrected chi connectivity index (χ1v) is 9.82. The Kier molecular flexibility index (Phi) is 4.24. The lowest BCUT2D eigenvalue weighted by Gasteiger charge is -2.23. The van der Waals surface area contributed by atoms with Gasteiger partial charge in [-0.2, -0.15) is 0 Å². The average molecular weight is 398 g/mol. The van der Waals surface area contributed by atoms with Gasteiger partial charge in [0.2, 0.25) is 0 Å². The van der Waals surface area contributed by atoms with Crippen molar-refractivity contribution in [3.8, 4) is 11.1 Å². The van der Waals surface area contributed by atoms with E-state index in [1.54, 1.807) is 6.92 Å². The molecule has 0 amide bonds. The second kappa shape index (κ2) is 6.95. The molecule has 5 rings (SSSR count). The Bertz CT molecular complexity index is 1300. The maximum atomic E-state index is 13.8. The molecule has 1 aromatic heterocycles. The number of aromatic nitrogens is 1. The van der Waals surface area contributed by atoms with Gasteiger partial charge in [-0.15, -0.1) is 0 Å². The Morgan fingerprint density at radius 2 is 1.87 bits per heavy atom. The molecule has 0 unspecified atom stereocenters. The molecule has 1 N–H and O–H groups in total. The van der Waals surface area contributed by atoms with Gasteiger partial charge < -0.3 is 10.0 Å². The molecule has 0 saturated heterocycles. The summed E-state index contributed by atoms with van der Waals surface area (Å²) < 4.78 is 13.8. The van der Waals surface area contributed by atoms with Gasteiger partial charge in [0.1, 0.15) is 11.6 Å². The molecule has 0 bridgehead atoms. The monoisotopic (exact) mass is 398 g/mol. The third-order valence-corrected chi connectivity index (χ3v) is 5.75. The van der Waals surface area contributed by atoms with Crippen molar-refractivity contribution < 1.29 is 14.3 Å². The van der Waals surface area contributed by atoms with Gasteiger partial charge >= 0.3 is 5.97 Å². The van der Waals surface area contributed by atoms with Crippen LogP contribution in [-0.2, 0) is 6.42 Å². The summed E-state index contributed by atoms with van der Waals surface area (Å²) >= 11 is 0. The van der Waals surface area contributed by atoms with E-state index in [-0.39, 0.29) is 5.56 Å². The van der Waals surface area contributed by atoms with Crippen LogP contribution in [0.2, 0.25) is 0 Å². The summed E-state index contributed by atoms with van der Waals surface area (Å²) in [7, 11) is 0. The average Bonchev–Trinajstić information content (AvgIpc) is 3.17. The number of hydrogen-bond donors (Lipinski definition) is 1. The lowest BCUT2D eigenvalue weighted by molar-refractivity contribution is 0.0698. The molecule has 0 spiro atoms. The third kappa shape index (κ3) is 2.82. The van der Waals surface area contributed by atoms with Crippen molar-refractivity contribution in [2.75, 3.05) is 11.4 Å². The summed E-state index contributed by atoms with van der Waals surface area (Å²) in [5, 5.41) is 10.2. The van der Waals surface area contributed by atoms with Crippen LogP contribution in [0.1, 0.15) is 21.5 Å². The standard InChI is InChI=1S/C25H19FN2O2/c1-15-23(25(29)30)20-14-17(26)10-11-21(20)27-24(15)28-13-12-19-18(8-5-9-22(19)28)16-6-3-2-4-7-16/h2-11,14H,12-13H2,1H3,(H,29,30). The van der Waals surface area contributed by atoms with Crippen LogP contribution in [0.4, 0.5) is 15.9 Å². The molecule has 30 heavy (non-hydrogen) atoms. The second-order valence-electron chi connectivity index (χ2n) is 7.47. The highest BCUT2D eigenvalue weighted by molar-refractivity contribution is 6.05. The number of carbonyl (C=O) groups is 1. The molecule has 0 saturated carbocycles. The lowest BCUT2D eigenvalue weighted by Crippen LogP contribution is -2.18. The largest absolute Gasteiger partial charge is 0.478 e. The maximum Gasteiger partial charge on any atom is 0.336 e. The molecule has 4 aromatic rings. The smallest absolute Gasteiger partial charge is 0.336 e. The number of benzene rings is 3. The molecule has 0 aliphatic carbocycles. The van der Waals surface area contributed by atoms with Gasteiger partial charge in [0.25, 0.3) is 0 Å². The van der Waals surface area contributed by atoms with E-state index in [9.17, 15) is 14.3 Å². The van der Waals surface area contributed by atoms with Crippen LogP contribution < -0.4 is 4.90 Å². The molecule has 1 aliphatic heterocycles. The van der Waals surface area contributed by atoms with Gasteiger partial charge in [-0.1, -0.05) is 42.5 Å². The summed E-state index contributed by atoms with van der Waals surface area (Å²) in [5.41, 5.74) is 5.70. The zero-order valence-corrected chi connectivity index (χ0v) is 16.4. The SMILES string of the molecule is Cc1c(N2CCc3c(-c4ccccc4)cccc32)nc2ccc(F)cc2c1C(=O)O. The van der Waals surface area contributed by atoms with Gasteiger partial charge in [-0.05, 0) is 54.3 Å². The molecule has 4 nitrogen and oxygen atoms in total. The highest BCUT2D eigenvalue weighted by atomic mass is 19.1. The topological polar surface area (TPSA) is 53.4 Å². The van der Waals surface area contributed by atoms with E-state index in [0.717, 1.165) is 17.7 Å². The van der Waals surface area contributed by atoms with Crippen molar-refractivity contribution in [3.63, 3.8) is 0 Å². The first kappa shape index (κ1) is 18.3. The van der Waals surface area contributed by atoms with Crippen molar-refractivity contribution in [3.05, 3.63) is 89.2 Å². The van der Waals surface area contributed by atoms with Crippen molar-refractivity contribution in [2.24, 2.45) is 0 Å². The summed E-state index contributed by atoms with van der Waals surface area (Å²) in [6.45, 7) is 2.45. The minimum Gasteiger partial charge on any atom is -0.478 e. The number of aromatic carboxylic acids is 1. The molecule has 0 atom stereocenters. The Morgan fingerprint density at radius 1 is 1.07 bits per heavy atom.